The summed E-state index contributed by atoms with van der Waals surface area (Å²) in [5.74, 6) is 0.450. The molecule has 0 bridgehead atoms. The smallest absolute Gasteiger partial charge is 0.244 e. The van der Waals surface area contributed by atoms with Crippen LogP contribution in [0.2, 0.25) is 0 Å². The second-order valence-electron chi connectivity index (χ2n) is 9.43. The Hall–Kier alpha value is -3.85. The first-order chi connectivity index (χ1) is 18.6. The molecular formula is C30H37N3O5S. The Morgan fingerprint density at radius 2 is 1.41 bits per heavy atom. The Balaban J connectivity index is 1.88. The third-order valence-electron chi connectivity index (χ3n) is 6.37. The zero-order valence-corrected chi connectivity index (χ0v) is 23.7. The van der Waals surface area contributed by atoms with Crippen molar-refractivity contribution >= 4 is 27.5 Å². The second-order valence-corrected chi connectivity index (χ2v) is 11.3. The average Bonchev–Trinajstić information content (AvgIpc) is 2.92. The van der Waals surface area contributed by atoms with Crippen molar-refractivity contribution in [3.05, 3.63) is 90.5 Å². The Morgan fingerprint density at radius 3 is 1.95 bits per heavy atom. The van der Waals surface area contributed by atoms with Crippen LogP contribution in [-0.4, -0.2) is 50.0 Å². The minimum absolute atomic E-state index is 0.0515. The number of rotatable bonds is 13. The lowest BCUT2D eigenvalue weighted by Crippen LogP contribution is -2.53. The highest BCUT2D eigenvalue weighted by Gasteiger charge is 2.32. The topological polar surface area (TPSA) is 96.0 Å². The molecule has 0 saturated heterocycles. The van der Waals surface area contributed by atoms with E-state index in [4.69, 9.17) is 4.74 Å². The summed E-state index contributed by atoms with van der Waals surface area (Å²) in [6.07, 6.45) is 2.19. The van der Waals surface area contributed by atoms with Crippen LogP contribution < -0.4 is 14.4 Å². The maximum absolute atomic E-state index is 13.8. The van der Waals surface area contributed by atoms with Crippen LogP contribution in [0, 0.1) is 0 Å². The van der Waals surface area contributed by atoms with Crippen molar-refractivity contribution in [2.45, 2.75) is 52.2 Å². The number of hydrogen-bond donors (Lipinski definition) is 1. The molecule has 0 saturated carbocycles. The summed E-state index contributed by atoms with van der Waals surface area (Å²) in [4.78, 5) is 28.4. The van der Waals surface area contributed by atoms with E-state index in [0.717, 1.165) is 22.5 Å². The Bertz CT molecular complexity index is 1320. The van der Waals surface area contributed by atoms with Crippen molar-refractivity contribution in [3.8, 4) is 11.5 Å². The van der Waals surface area contributed by atoms with Gasteiger partial charge in [0.1, 0.15) is 24.1 Å². The number of carbonyl (C=O) groups is 2. The van der Waals surface area contributed by atoms with Crippen LogP contribution in [0.15, 0.2) is 84.9 Å². The number of nitrogens with one attached hydrogen (secondary N) is 1. The lowest BCUT2D eigenvalue weighted by atomic mass is 10.1. The van der Waals surface area contributed by atoms with Crippen molar-refractivity contribution in [2.75, 3.05) is 17.1 Å². The Kier molecular flexibility index (Phi) is 10.5. The molecular weight excluding hydrogens is 514 g/mol. The first kappa shape index (κ1) is 29.7. The minimum atomic E-state index is -3.82. The van der Waals surface area contributed by atoms with Crippen LogP contribution in [0.5, 0.6) is 11.5 Å². The summed E-state index contributed by atoms with van der Waals surface area (Å²) in [6, 6.07) is 24.3. The van der Waals surface area contributed by atoms with E-state index in [1.165, 1.54) is 4.90 Å². The SMILES string of the molecule is CC[C@@H](C)NC(=O)[C@@H](CC)N(Cc1ccccc1)C(=O)CN(c1ccc(Oc2ccccc2)cc1)S(C)(=O)=O. The van der Waals surface area contributed by atoms with Gasteiger partial charge in [0.25, 0.3) is 0 Å². The number of carbonyl (C=O) groups excluding carboxylic acids is 2. The van der Waals surface area contributed by atoms with E-state index in [0.29, 0.717) is 23.6 Å². The fraction of sp³-hybridized carbons (Fsp3) is 0.333. The number of nitrogens with zero attached hydrogens (tertiary/aromatic N) is 2. The molecule has 8 nitrogen and oxygen atoms in total. The molecule has 3 rings (SSSR count). The van der Waals surface area contributed by atoms with Gasteiger partial charge in [-0.25, -0.2) is 8.42 Å². The number of hydrogen-bond acceptors (Lipinski definition) is 5. The highest BCUT2D eigenvalue weighted by molar-refractivity contribution is 7.92. The summed E-state index contributed by atoms with van der Waals surface area (Å²) in [6.45, 7) is 5.45. The third kappa shape index (κ3) is 8.58. The van der Waals surface area contributed by atoms with Gasteiger partial charge < -0.3 is 15.0 Å². The van der Waals surface area contributed by atoms with Gasteiger partial charge in [-0.3, -0.25) is 13.9 Å². The molecule has 3 aromatic carbocycles. The van der Waals surface area contributed by atoms with Crippen LogP contribution in [0.4, 0.5) is 5.69 Å². The van der Waals surface area contributed by atoms with E-state index in [1.807, 2.05) is 81.4 Å². The molecule has 0 aliphatic carbocycles. The van der Waals surface area contributed by atoms with Gasteiger partial charge in [0, 0.05) is 12.6 Å². The zero-order chi connectivity index (χ0) is 28.4. The van der Waals surface area contributed by atoms with E-state index >= 15 is 0 Å². The molecule has 0 spiro atoms. The van der Waals surface area contributed by atoms with Crippen LogP contribution in [0.25, 0.3) is 0 Å². The lowest BCUT2D eigenvalue weighted by molar-refractivity contribution is -0.140. The van der Waals surface area contributed by atoms with Crippen molar-refractivity contribution in [1.29, 1.82) is 0 Å². The first-order valence-electron chi connectivity index (χ1n) is 13.1. The molecule has 2 amide bonds. The standard InChI is InChI=1S/C30H37N3O5S/c1-5-23(3)31-30(35)28(6-2)32(21-24-13-9-7-10-14-24)29(34)22-33(39(4,36)37)25-17-19-27(20-18-25)38-26-15-11-8-12-16-26/h7-20,23,28H,5-6,21-22H2,1-4H3,(H,31,35)/t23-,28-/m1/s1. The third-order valence-corrected chi connectivity index (χ3v) is 7.51. The number of para-hydroxylation sites is 1. The molecule has 208 valence electrons. The van der Waals surface area contributed by atoms with Gasteiger partial charge >= 0.3 is 0 Å². The summed E-state index contributed by atoms with van der Waals surface area (Å²) in [7, 11) is -3.82. The first-order valence-corrected chi connectivity index (χ1v) is 14.9. The quantitative estimate of drug-likeness (QED) is 0.324. The van der Waals surface area contributed by atoms with Crippen LogP contribution in [-0.2, 0) is 26.2 Å². The summed E-state index contributed by atoms with van der Waals surface area (Å²) in [5.41, 5.74) is 1.16. The normalized spacial score (nSPS) is 12.7. The minimum Gasteiger partial charge on any atom is -0.457 e. The summed E-state index contributed by atoms with van der Waals surface area (Å²) in [5, 5.41) is 2.96. The molecule has 1 N–H and O–H groups in total. The van der Waals surface area contributed by atoms with Crippen molar-refractivity contribution in [3.63, 3.8) is 0 Å². The fourth-order valence-electron chi connectivity index (χ4n) is 4.06. The molecule has 39 heavy (non-hydrogen) atoms. The van der Waals surface area contributed by atoms with Gasteiger partial charge in [0.05, 0.1) is 11.9 Å². The van der Waals surface area contributed by atoms with E-state index in [-0.39, 0.29) is 18.5 Å². The molecule has 0 unspecified atom stereocenters. The molecule has 0 fully saturated rings. The number of anilines is 1. The van der Waals surface area contributed by atoms with Gasteiger partial charge in [0.15, 0.2) is 0 Å². The van der Waals surface area contributed by atoms with Gasteiger partial charge in [-0.2, -0.15) is 0 Å². The predicted molar refractivity (Wildman–Crippen MR) is 154 cm³/mol. The highest BCUT2D eigenvalue weighted by atomic mass is 32.2. The van der Waals surface area contributed by atoms with Crippen LogP contribution in [0.3, 0.4) is 0 Å². The van der Waals surface area contributed by atoms with E-state index < -0.39 is 28.5 Å². The molecule has 0 heterocycles. The van der Waals surface area contributed by atoms with Crippen LogP contribution >= 0.6 is 0 Å². The Labute approximate surface area is 231 Å². The van der Waals surface area contributed by atoms with Gasteiger partial charge in [-0.05, 0) is 61.7 Å². The molecule has 0 aliphatic heterocycles. The van der Waals surface area contributed by atoms with E-state index in [1.54, 1.807) is 24.3 Å². The van der Waals surface area contributed by atoms with Gasteiger partial charge in [-0.15, -0.1) is 0 Å². The zero-order valence-electron chi connectivity index (χ0n) is 22.9. The molecule has 0 aliphatic rings. The molecule has 0 aromatic heterocycles. The predicted octanol–water partition coefficient (Wildman–Crippen LogP) is 4.97. The Morgan fingerprint density at radius 1 is 0.846 bits per heavy atom. The maximum Gasteiger partial charge on any atom is 0.244 e. The number of amides is 2. The summed E-state index contributed by atoms with van der Waals surface area (Å²) >= 11 is 0. The highest BCUT2D eigenvalue weighted by Crippen LogP contribution is 2.26. The van der Waals surface area contributed by atoms with Crippen LogP contribution in [0.1, 0.15) is 39.2 Å². The lowest BCUT2D eigenvalue weighted by Gasteiger charge is -2.33. The second kappa shape index (κ2) is 13.8. The monoisotopic (exact) mass is 551 g/mol. The van der Waals surface area contributed by atoms with Crippen molar-refractivity contribution in [1.82, 2.24) is 10.2 Å². The molecule has 3 aromatic rings. The number of benzene rings is 3. The average molecular weight is 552 g/mol. The van der Waals surface area contributed by atoms with E-state index in [2.05, 4.69) is 5.32 Å². The van der Waals surface area contributed by atoms with Gasteiger partial charge in [-0.1, -0.05) is 62.4 Å². The van der Waals surface area contributed by atoms with Gasteiger partial charge in [0.2, 0.25) is 21.8 Å². The number of sulfonamides is 1. The maximum atomic E-state index is 13.8. The largest absolute Gasteiger partial charge is 0.457 e. The van der Waals surface area contributed by atoms with Crippen molar-refractivity contribution in [2.24, 2.45) is 0 Å². The van der Waals surface area contributed by atoms with E-state index in [9.17, 15) is 18.0 Å². The summed E-state index contributed by atoms with van der Waals surface area (Å²) < 4.78 is 32.5. The molecule has 0 radical (unpaired) electrons. The fourth-order valence-corrected chi connectivity index (χ4v) is 4.91. The van der Waals surface area contributed by atoms with Crippen molar-refractivity contribution < 1.29 is 22.7 Å². The molecule has 2 atom stereocenters. The number of ether oxygens (including phenoxy) is 1. The molecule has 9 heteroatoms.